The summed E-state index contributed by atoms with van der Waals surface area (Å²) in [4.78, 5) is 12.8. The van der Waals surface area contributed by atoms with E-state index in [0.29, 0.717) is 10.4 Å². The lowest BCUT2D eigenvalue weighted by Crippen LogP contribution is -2.27. The van der Waals surface area contributed by atoms with Gasteiger partial charge in [0.25, 0.3) is 5.69 Å². The molecule has 0 aromatic heterocycles. The van der Waals surface area contributed by atoms with Crippen LogP contribution < -0.4 is 0 Å². The van der Waals surface area contributed by atoms with E-state index in [4.69, 9.17) is 0 Å². The number of rotatable bonds is 6. The van der Waals surface area contributed by atoms with Gasteiger partial charge in [-0.05, 0) is 34.0 Å². The van der Waals surface area contributed by atoms with Crippen molar-refractivity contribution in [3.63, 3.8) is 0 Å². The molecule has 0 saturated carbocycles. The second-order valence-electron chi connectivity index (χ2n) is 4.73. The molecule has 1 rings (SSSR count). The van der Waals surface area contributed by atoms with Crippen molar-refractivity contribution in [3.05, 3.63) is 38.3 Å². The average Bonchev–Trinajstić information content (AvgIpc) is 2.29. The smallest absolute Gasteiger partial charge is 0.283 e. The fourth-order valence-corrected chi connectivity index (χ4v) is 2.43. The molecular formula is C13H19BrN2O2. The molecule has 5 heteroatoms. The van der Waals surface area contributed by atoms with Gasteiger partial charge in [-0.3, -0.25) is 15.0 Å². The van der Waals surface area contributed by atoms with Crippen LogP contribution in [0.2, 0.25) is 0 Å². The highest BCUT2D eigenvalue weighted by Crippen LogP contribution is 2.29. The minimum absolute atomic E-state index is 0.133. The predicted molar refractivity (Wildman–Crippen MR) is 76.6 cm³/mol. The van der Waals surface area contributed by atoms with Gasteiger partial charge in [0.05, 0.1) is 9.40 Å². The molecule has 0 N–H and O–H groups in total. The number of nitrogens with zero attached hydrogens (tertiary/aromatic N) is 2. The third-order valence-electron chi connectivity index (χ3n) is 2.72. The van der Waals surface area contributed by atoms with Gasteiger partial charge in [-0.25, -0.2) is 0 Å². The lowest BCUT2D eigenvalue weighted by atomic mass is 10.1. The van der Waals surface area contributed by atoms with Crippen molar-refractivity contribution in [2.75, 3.05) is 13.1 Å². The predicted octanol–water partition coefficient (Wildman–Crippen LogP) is 3.84. The van der Waals surface area contributed by atoms with Crippen LogP contribution in [0.5, 0.6) is 0 Å². The third-order valence-corrected chi connectivity index (χ3v) is 3.64. The Kier molecular flexibility index (Phi) is 5.75. The maximum absolute atomic E-state index is 10.9. The van der Waals surface area contributed by atoms with Crippen molar-refractivity contribution in [2.45, 2.75) is 27.3 Å². The summed E-state index contributed by atoms with van der Waals surface area (Å²) in [6, 6.07) is 5.19. The van der Waals surface area contributed by atoms with E-state index in [1.165, 1.54) is 6.07 Å². The molecule has 0 bridgehead atoms. The van der Waals surface area contributed by atoms with Crippen molar-refractivity contribution < 1.29 is 4.92 Å². The van der Waals surface area contributed by atoms with Crippen LogP contribution in [0.4, 0.5) is 5.69 Å². The molecule has 0 aliphatic rings. The molecule has 0 heterocycles. The third kappa shape index (κ3) is 4.07. The van der Waals surface area contributed by atoms with Gasteiger partial charge in [0, 0.05) is 19.2 Å². The minimum Gasteiger partial charge on any atom is -0.299 e. The Hall–Kier alpha value is -0.940. The van der Waals surface area contributed by atoms with Crippen LogP contribution in [0.15, 0.2) is 22.7 Å². The summed E-state index contributed by atoms with van der Waals surface area (Å²) in [7, 11) is 0. The number of nitro groups is 1. The van der Waals surface area contributed by atoms with Gasteiger partial charge < -0.3 is 0 Å². The lowest BCUT2D eigenvalue weighted by molar-refractivity contribution is -0.385. The van der Waals surface area contributed by atoms with Crippen molar-refractivity contribution in [1.82, 2.24) is 4.90 Å². The Morgan fingerprint density at radius 3 is 2.61 bits per heavy atom. The van der Waals surface area contributed by atoms with Gasteiger partial charge in [0.1, 0.15) is 0 Å². The Labute approximate surface area is 116 Å². The summed E-state index contributed by atoms with van der Waals surface area (Å²) in [5.74, 6) is 0.586. The first kappa shape index (κ1) is 15.1. The molecule has 0 unspecified atom stereocenters. The van der Waals surface area contributed by atoms with E-state index in [-0.39, 0.29) is 10.6 Å². The summed E-state index contributed by atoms with van der Waals surface area (Å²) < 4.78 is 0.595. The van der Waals surface area contributed by atoms with Gasteiger partial charge in [-0.1, -0.05) is 32.9 Å². The van der Waals surface area contributed by atoms with E-state index in [2.05, 4.69) is 41.6 Å². The van der Waals surface area contributed by atoms with Crippen LogP contribution >= 0.6 is 15.9 Å². The first-order chi connectivity index (χ1) is 8.45. The molecule has 4 nitrogen and oxygen atoms in total. The molecule has 0 spiro atoms. The van der Waals surface area contributed by atoms with Gasteiger partial charge in [-0.2, -0.15) is 0 Å². The molecule has 0 radical (unpaired) electrons. The zero-order chi connectivity index (χ0) is 13.7. The highest BCUT2D eigenvalue weighted by atomic mass is 79.9. The molecule has 0 aliphatic heterocycles. The summed E-state index contributed by atoms with van der Waals surface area (Å²) in [6.07, 6.45) is 0. The fraction of sp³-hybridized carbons (Fsp3) is 0.538. The number of halogens is 1. The summed E-state index contributed by atoms with van der Waals surface area (Å²) in [5, 5.41) is 10.9. The molecule has 1 aromatic carbocycles. The van der Waals surface area contributed by atoms with E-state index in [9.17, 15) is 10.1 Å². The summed E-state index contributed by atoms with van der Waals surface area (Å²) >= 11 is 3.34. The van der Waals surface area contributed by atoms with Crippen LogP contribution in [-0.4, -0.2) is 22.9 Å². The fourth-order valence-electron chi connectivity index (χ4n) is 1.89. The van der Waals surface area contributed by atoms with E-state index >= 15 is 0 Å². The number of hydrogen-bond donors (Lipinski definition) is 0. The Balaban J connectivity index is 2.89. The Morgan fingerprint density at radius 1 is 1.44 bits per heavy atom. The van der Waals surface area contributed by atoms with Crippen molar-refractivity contribution in [3.8, 4) is 0 Å². The average molecular weight is 315 g/mol. The van der Waals surface area contributed by atoms with Gasteiger partial charge in [0.15, 0.2) is 0 Å². The topological polar surface area (TPSA) is 46.4 Å². The Morgan fingerprint density at radius 2 is 2.11 bits per heavy atom. The van der Waals surface area contributed by atoms with Crippen molar-refractivity contribution in [1.29, 1.82) is 0 Å². The molecule has 0 atom stereocenters. The van der Waals surface area contributed by atoms with Crippen LogP contribution in [0.1, 0.15) is 26.3 Å². The SMILES string of the molecule is CCN(Cc1cccc([N+](=O)[O-])c1Br)CC(C)C. The maximum Gasteiger partial charge on any atom is 0.283 e. The quantitative estimate of drug-likeness (QED) is 0.592. The van der Waals surface area contributed by atoms with Gasteiger partial charge in [-0.15, -0.1) is 0 Å². The molecule has 0 fully saturated rings. The highest BCUT2D eigenvalue weighted by Gasteiger charge is 2.16. The van der Waals surface area contributed by atoms with Crippen LogP contribution in [0, 0.1) is 16.0 Å². The number of nitro benzene ring substituents is 1. The molecule has 100 valence electrons. The Bertz CT molecular complexity index is 421. The van der Waals surface area contributed by atoms with Crippen LogP contribution in [-0.2, 0) is 6.54 Å². The summed E-state index contributed by atoms with van der Waals surface area (Å²) in [5.41, 5.74) is 1.10. The maximum atomic E-state index is 10.9. The van der Waals surface area contributed by atoms with Crippen molar-refractivity contribution in [2.24, 2.45) is 5.92 Å². The second kappa shape index (κ2) is 6.85. The van der Waals surface area contributed by atoms with E-state index in [1.807, 2.05) is 6.07 Å². The number of hydrogen-bond acceptors (Lipinski definition) is 3. The van der Waals surface area contributed by atoms with Crippen LogP contribution in [0.25, 0.3) is 0 Å². The highest BCUT2D eigenvalue weighted by molar-refractivity contribution is 9.10. The molecular weight excluding hydrogens is 296 g/mol. The van der Waals surface area contributed by atoms with Gasteiger partial charge in [0.2, 0.25) is 0 Å². The van der Waals surface area contributed by atoms with E-state index in [0.717, 1.165) is 25.2 Å². The molecule has 0 aliphatic carbocycles. The van der Waals surface area contributed by atoms with Crippen molar-refractivity contribution >= 4 is 21.6 Å². The zero-order valence-electron chi connectivity index (χ0n) is 11.0. The minimum atomic E-state index is -0.355. The molecule has 1 aromatic rings. The number of benzene rings is 1. The van der Waals surface area contributed by atoms with Gasteiger partial charge >= 0.3 is 0 Å². The first-order valence-electron chi connectivity index (χ1n) is 6.09. The molecule has 0 amide bonds. The van der Waals surface area contributed by atoms with E-state index in [1.54, 1.807) is 6.07 Å². The second-order valence-corrected chi connectivity index (χ2v) is 5.52. The standard InChI is InChI=1S/C13H19BrN2O2/c1-4-15(8-10(2)3)9-11-6-5-7-12(13(11)14)16(17)18/h5-7,10H,4,8-9H2,1-3H3. The monoisotopic (exact) mass is 314 g/mol. The normalized spacial score (nSPS) is 11.2. The molecule has 18 heavy (non-hydrogen) atoms. The first-order valence-corrected chi connectivity index (χ1v) is 6.89. The summed E-state index contributed by atoms with van der Waals surface area (Å²) in [6.45, 7) is 9.11. The molecule has 0 saturated heterocycles. The van der Waals surface area contributed by atoms with E-state index < -0.39 is 0 Å². The lowest BCUT2D eigenvalue weighted by Gasteiger charge is -2.23. The zero-order valence-corrected chi connectivity index (χ0v) is 12.6. The van der Waals surface area contributed by atoms with Crippen LogP contribution in [0.3, 0.4) is 0 Å². The largest absolute Gasteiger partial charge is 0.299 e.